The fourth-order valence-electron chi connectivity index (χ4n) is 1.16. The van der Waals surface area contributed by atoms with Crippen LogP contribution in [0.25, 0.3) is 0 Å². The zero-order valence-electron chi connectivity index (χ0n) is 8.86. The minimum atomic E-state index is -0.250. The fraction of sp³-hybridized carbons (Fsp3) is 0.700. The first-order chi connectivity index (χ1) is 6.47. The van der Waals surface area contributed by atoms with Gasteiger partial charge in [0.2, 0.25) is 0 Å². The van der Waals surface area contributed by atoms with Gasteiger partial charge in [0.15, 0.2) is 0 Å². The molecule has 0 aliphatic carbocycles. The molecule has 0 radical (unpaired) electrons. The standard InChI is InChI=1S/C9H16O2.CH2O2/c1-7(6-10)4-5-8-9(2,3)11-8;2-1-3/h6,8,10H,4-5H2,1-3H3;1H,(H,2,3). The monoisotopic (exact) mass is 202 g/mol. The summed E-state index contributed by atoms with van der Waals surface area (Å²) in [6.45, 7) is 5.86. The van der Waals surface area contributed by atoms with Gasteiger partial charge >= 0.3 is 0 Å². The van der Waals surface area contributed by atoms with E-state index in [1.54, 1.807) is 0 Å². The Balaban J connectivity index is 0.000000500. The predicted octanol–water partition coefficient (Wildman–Crippen LogP) is 2.11. The first-order valence-electron chi connectivity index (χ1n) is 4.53. The Labute approximate surface area is 84.2 Å². The van der Waals surface area contributed by atoms with E-state index < -0.39 is 0 Å². The normalized spacial score (nSPS) is 23.4. The van der Waals surface area contributed by atoms with Gasteiger partial charge < -0.3 is 14.9 Å². The highest BCUT2D eigenvalue weighted by Gasteiger charge is 2.46. The van der Waals surface area contributed by atoms with E-state index in [2.05, 4.69) is 13.8 Å². The highest BCUT2D eigenvalue weighted by atomic mass is 16.6. The number of carboxylic acid groups (broad SMARTS) is 1. The number of hydrogen-bond donors (Lipinski definition) is 2. The van der Waals surface area contributed by atoms with Crippen molar-refractivity contribution in [1.82, 2.24) is 0 Å². The zero-order chi connectivity index (χ0) is 11.2. The summed E-state index contributed by atoms with van der Waals surface area (Å²) >= 11 is 0. The lowest BCUT2D eigenvalue weighted by Crippen LogP contribution is -2.02. The summed E-state index contributed by atoms with van der Waals surface area (Å²) in [4.78, 5) is 8.36. The van der Waals surface area contributed by atoms with Crippen LogP contribution in [0.5, 0.6) is 0 Å². The Morgan fingerprint density at radius 2 is 1.93 bits per heavy atom. The van der Waals surface area contributed by atoms with Gasteiger partial charge in [0.1, 0.15) is 0 Å². The Hall–Kier alpha value is -1.03. The molecule has 4 heteroatoms. The smallest absolute Gasteiger partial charge is 0.290 e. The van der Waals surface area contributed by atoms with Crippen molar-refractivity contribution >= 4 is 6.47 Å². The number of rotatable bonds is 3. The lowest BCUT2D eigenvalue weighted by atomic mass is 10.0. The molecular weight excluding hydrogens is 184 g/mol. The van der Waals surface area contributed by atoms with Crippen molar-refractivity contribution in [2.75, 3.05) is 0 Å². The van der Waals surface area contributed by atoms with Crippen molar-refractivity contribution in [3.63, 3.8) is 0 Å². The molecule has 0 aromatic rings. The molecule has 1 saturated heterocycles. The van der Waals surface area contributed by atoms with E-state index in [0.717, 1.165) is 18.4 Å². The number of aliphatic hydroxyl groups excluding tert-OH is 1. The van der Waals surface area contributed by atoms with Gasteiger partial charge in [-0.2, -0.15) is 0 Å². The van der Waals surface area contributed by atoms with Crippen LogP contribution in [0.15, 0.2) is 11.8 Å². The minimum absolute atomic E-state index is 0.0930. The van der Waals surface area contributed by atoms with Crippen molar-refractivity contribution in [2.45, 2.75) is 45.3 Å². The summed E-state index contributed by atoms with van der Waals surface area (Å²) in [6.07, 6.45) is 3.54. The third kappa shape index (κ3) is 4.87. The molecule has 0 aromatic heterocycles. The predicted molar refractivity (Wildman–Crippen MR) is 53.3 cm³/mol. The summed E-state index contributed by atoms with van der Waals surface area (Å²) in [6, 6.07) is 0. The van der Waals surface area contributed by atoms with Gasteiger partial charge in [-0.1, -0.05) is 0 Å². The van der Waals surface area contributed by atoms with Gasteiger partial charge in [0.25, 0.3) is 6.47 Å². The molecule has 0 amide bonds. The van der Waals surface area contributed by atoms with Crippen molar-refractivity contribution in [1.29, 1.82) is 0 Å². The van der Waals surface area contributed by atoms with Crippen LogP contribution < -0.4 is 0 Å². The summed E-state index contributed by atoms with van der Waals surface area (Å²) in [5, 5.41) is 15.5. The molecule has 1 unspecified atom stereocenters. The molecule has 1 fully saturated rings. The molecule has 0 aromatic carbocycles. The van der Waals surface area contributed by atoms with Crippen LogP contribution in [0.3, 0.4) is 0 Å². The van der Waals surface area contributed by atoms with Crippen LogP contribution in [0.1, 0.15) is 33.6 Å². The lowest BCUT2D eigenvalue weighted by molar-refractivity contribution is -0.122. The average Bonchev–Trinajstić information content (AvgIpc) is 2.71. The van der Waals surface area contributed by atoms with Gasteiger partial charge in [-0.15, -0.1) is 0 Å². The van der Waals surface area contributed by atoms with Crippen molar-refractivity contribution in [3.05, 3.63) is 11.8 Å². The molecule has 14 heavy (non-hydrogen) atoms. The number of ether oxygens (including phenoxy) is 1. The molecule has 82 valence electrons. The molecule has 1 rings (SSSR count). The van der Waals surface area contributed by atoms with Gasteiger partial charge in [0, 0.05) is 0 Å². The highest BCUT2D eigenvalue weighted by Crippen LogP contribution is 2.38. The molecule has 2 N–H and O–H groups in total. The molecule has 1 aliphatic heterocycles. The summed E-state index contributed by atoms with van der Waals surface area (Å²) in [7, 11) is 0. The average molecular weight is 202 g/mol. The van der Waals surface area contributed by atoms with E-state index in [4.69, 9.17) is 19.7 Å². The van der Waals surface area contributed by atoms with Crippen LogP contribution in [0.4, 0.5) is 0 Å². The van der Waals surface area contributed by atoms with Crippen molar-refractivity contribution < 1.29 is 19.7 Å². The Bertz CT molecular complexity index is 208. The molecule has 1 heterocycles. The van der Waals surface area contributed by atoms with Crippen LogP contribution in [0, 0.1) is 0 Å². The largest absolute Gasteiger partial charge is 0.516 e. The SMILES string of the molecule is CC(=CO)CCC1OC1(C)C.O=CO. The van der Waals surface area contributed by atoms with E-state index in [9.17, 15) is 0 Å². The van der Waals surface area contributed by atoms with Crippen molar-refractivity contribution in [3.8, 4) is 0 Å². The molecular formula is C10H18O4. The maximum Gasteiger partial charge on any atom is 0.290 e. The fourth-order valence-corrected chi connectivity index (χ4v) is 1.16. The van der Waals surface area contributed by atoms with Crippen LogP contribution in [-0.4, -0.2) is 28.4 Å². The molecule has 0 saturated carbocycles. The maximum absolute atomic E-state index is 8.60. The van der Waals surface area contributed by atoms with E-state index in [0.29, 0.717) is 6.10 Å². The second kappa shape index (κ2) is 5.65. The first-order valence-corrected chi connectivity index (χ1v) is 4.53. The number of carbonyl (C=O) groups is 1. The number of hydrogen-bond acceptors (Lipinski definition) is 3. The third-order valence-electron chi connectivity index (χ3n) is 2.19. The van der Waals surface area contributed by atoms with Crippen LogP contribution in [0.2, 0.25) is 0 Å². The van der Waals surface area contributed by atoms with E-state index in [1.165, 1.54) is 6.26 Å². The second-order valence-corrected chi connectivity index (χ2v) is 3.83. The Morgan fingerprint density at radius 1 is 1.50 bits per heavy atom. The molecule has 4 nitrogen and oxygen atoms in total. The lowest BCUT2D eigenvalue weighted by Gasteiger charge is -1.97. The first kappa shape index (κ1) is 13.0. The summed E-state index contributed by atoms with van der Waals surface area (Å²) in [5.41, 5.74) is 1.12. The molecule has 0 spiro atoms. The molecule has 0 bridgehead atoms. The van der Waals surface area contributed by atoms with Crippen LogP contribution in [-0.2, 0) is 9.53 Å². The second-order valence-electron chi connectivity index (χ2n) is 3.83. The topological polar surface area (TPSA) is 70.1 Å². The minimum Gasteiger partial charge on any atom is -0.516 e. The van der Waals surface area contributed by atoms with Gasteiger partial charge in [0.05, 0.1) is 18.0 Å². The van der Waals surface area contributed by atoms with Crippen LogP contribution >= 0.6 is 0 Å². The number of allylic oxidation sites excluding steroid dienone is 1. The summed E-state index contributed by atoms with van der Waals surface area (Å²) < 4.78 is 5.39. The third-order valence-corrected chi connectivity index (χ3v) is 2.19. The highest BCUT2D eigenvalue weighted by molar-refractivity contribution is 5.32. The van der Waals surface area contributed by atoms with Gasteiger partial charge in [-0.3, -0.25) is 4.79 Å². The van der Waals surface area contributed by atoms with E-state index in [1.807, 2.05) is 6.92 Å². The summed E-state index contributed by atoms with van der Waals surface area (Å²) in [5.74, 6) is 0. The van der Waals surface area contributed by atoms with Gasteiger partial charge in [-0.05, 0) is 39.2 Å². The Kier molecular flexibility index (Phi) is 5.23. The molecule has 1 aliphatic rings. The maximum atomic E-state index is 8.60. The van der Waals surface area contributed by atoms with E-state index in [-0.39, 0.29) is 12.1 Å². The van der Waals surface area contributed by atoms with E-state index >= 15 is 0 Å². The number of aliphatic hydroxyl groups is 1. The van der Waals surface area contributed by atoms with Gasteiger partial charge in [-0.25, -0.2) is 0 Å². The number of epoxide rings is 1. The zero-order valence-corrected chi connectivity index (χ0v) is 8.86. The quantitative estimate of drug-likeness (QED) is 0.417. The van der Waals surface area contributed by atoms with Crippen molar-refractivity contribution in [2.24, 2.45) is 0 Å². The molecule has 1 atom stereocenters. The Morgan fingerprint density at radius 3 is 2.21 bits per heavy atom.